The third kappa shape index (κ3) is 2.12. The SMILES string of the molecule is Cl.Cn1cc(N)c(N2CCCCC2)n1. The summed E-state index contributed by atoms with van der Waals surface area (Å²) < 4.78 is 1.78. The second-order valence-electron chi connectivity index (χ2n) is 3.63. The van der Waals surface area contributed by atoms with Crippen molar-refractivity contribution in [3.05, 3.63) is 6.20 Å². The van der Waals surface area contributed by atoms with E-state index in [1.54, 1.807) is 4.68 Å². The van der Waals surface area contributed by atoms with Crippen molar-refractivity contribution < 1.29 is 0 Å². The largest absolute Gasteiger partial charge is 0.394 e. The van der Waals surface area contributed by atoms with Crippen LogP contribution in [0.15, 0.2) is 6.20 Å². The summed E-state index contributed by atoms with van der Waals surface area (Å²) in [4.78, 5) is 2.28. The third-order valence-corrected chi connectivity index (χ3v) is 2.49. The summed E-state index contributed by atoms with van der Waals surface area (Å²) in [6.45, 7) is 2.20. The normalized spacial score (nSPS) is 16.5. The molecule has 0 atom stereocenters. The van der Waals surface area contributed by atoms with Crippen molar-refractivity contribution in [2.45, 2.75) is 19.3 Å². The van der Waals surface area contributed by atoms with Crippen molar-refractivity contribution in [3.8, 4) is 0 Å². The number of nitrogens with zero attached hydrogens (tertiary/aromatic N) is 3. The lowest BCUT2D eigenvalue weighted by molar-refractivity contribution is 0.570. The molecule has 1 fully saturated rings. The number of aryl methyl sites for hydroxylation is 1. The standard InChI is InChI=1S/C9H16N4.ClH/c1-12-7-8(10)9(11-12)13-5-3-2-4-6-13;/h7H,2-6,10H2,1H3;1H. The first-order chi connectivity index (χ1) is 6.27. The minimum Gasteiger partial charge on any atom is -0.394 e. The lowest BCUT2D eigenvalue weighted by Crippen LogP contribution is -2.30. The Morgan fingerprint density at radius 1 is 1.29 bits per heavy atom. The molecule has 1 aromatic rings. The molecule has 0 saturated carbocycles. The van der Waals surface area contributed by atoms with Crippen LogP contribution in [0.25, 0.3) is 0 Å². The zero-order valence-corrected chi connectivity index (χ0v) is 9.26. The fourth-order valence-electron chi connectivity index (χ4n) is 1.85. The highest BCUT2D eigenvalue weighted by Gasteiger charge is 2.15. The molecule has 0 aromatic carbocycles. The number of nitrogens with two attached hydrogens (primary N) is 1. The molecule has 1 aromatic heterocycles. The van der Waals surface area contributed by atoms with Crippen molar-refractivity contribution >= 4 is 23.9 Å². The zero-order chi connectivity index (χ0) is 9.26. The van der Waals surface area contributed by atoms with Crippen LogP contribution in [-0.2, 0) is 7.05 Å². The average molecular weight is 217 g/mol. The topological polar surface area (TPSA) is 47.1 Å². The van der Waals surface area contributed by atoms with Crippen molar-refractivity contribution in [1.82, 2.24) is 9.78 Å². The van der Waals surface area contributed by atoms with Crippen LogP contribution in [0.4, 0.5) is 11.5 Å². The highest BCUT2D eigenvalue weighted by molar-refractivity contribution is 5.85. The summed E-state index contributed by atoms with van der Waals surface area (Å²) in [5, 5.41) is 4.35. The van der Waals surface area contributed by atoms with E-state index >= 15 is 0 Å². The summed E-state index contributed by atoms with van der Waals surface area (Å²) in [5.74, 6) is 0.960. The van der Waals surface area contributed by atoms with E-state index in [0.29, 0.717) is 0 Å². The van der Waals surface area contributed by atoms with Gasteiger partial charge in [-0.1, -0.05) is 0 Å². The van der Waals surface area contributed by atoms with E-state index in [9.17, 15) is 0 Å². The summed E-state index contributed by atoms with van der Waals surface area (Å²) in [5.41, 5.74) is 6.64. The van der Waals surface area contributed by atoms with Crippen LogP contribution in [0.2, 0.25) is 0 Å². The average Bonchev–Trinajstić information content (AvgIpc) is 2.47. The number of hydrogen-bond acceptors (Lipinski definition) is 3. The predicted molar refractivity (Wildman–Crippen MR) is 60.9 cm³/mol. The van der Waals surface area contributed by atoms with Gasteiger partial charge in [-0.25, -0.2) is 0 Å². The maximum Gasteiger partial charge on any atom is 0.173 e. The molecule has 1 aliphatic rings. The van der Waals surface area contributed by atoms with Gasteiger partial charge < -0.3 is 10.6 Å². The molecule has 80 valence electrons. The first-order valence-electron chi connectivity index (χ1n) is 4.81. The Hall–Kier alpha value is -0.900. The molecular weight excluding hydrogens is 200 g/mol. The molecule has 1 saturated heterocycles. The molecule has 0 bridgehead atoms. The monoisotopic (exact) mass is 216 g/mol. The van der Waals surface area contributed by atoms with Gasteiger partial charge in [-0.3, -0.25) is 4.68 Å². The van der Waals surface area contributed by atoms with E-state index in [1.165, 1.54) is 19.3 Å². The highest BCUT2D eigenvalue weighted by atomic mass is 35.5. The van der Waals surface area contributed by atoms with Crippen LogP contribution in [0, 0.1) is 0 Å². The molecular formula is C9H17ClN4. The second-order valence-corrected chi connectivity index (χ2v) is 3.63. The fraction of sp³-hybridized carbons (Fsp3) is 0.667. The van der Waals surface area contributed by atoms with E-state index in [4.69, 9.17) is 5.73 Å². The summed E-state index contributed by atoms with van der Waals surface area (Å²) in [6.07, 6.45) is 5.72. The van der Waals surface area contributed by atoms with Crippen molar-refractivity contribution in [1.29, 1.82) is 0 Å². The predicted octanol–water partition coefficient (Wildman–Crippen LogP) is 1.41. The van der Waals surface area contributed by atoms with E-state index < -0.39 is 0 Å². The molecule has 0 spiro atoms. The van der Waals surface area contributed by atoms with Gasteiger partial charge in [0.25, 0.3) is 0 Å². The van der Waals surface area contributed by atoms with Gasteiger partial charge >= 0.3 is 0 Å². The van der Waals surface area contributed by atoms with Crippen LogP contribution < -0.4 is 10.6 Å². The third-order valence-electron chi connectivity index (χ3n) is 2.49. The van der Waals surface area contributed by atoms with E-state index in [1.807, 2.05) is 13.2 Å². The first kappa shape index (κ1) is 11.2. The van der Waals surface area contributed by atoms with Crippen molar-refractivity contribution in [2.24, 2.45) is 7.05 Å². The number of rotatable bonds is 1. The summed E-state index contributed by atoms with van der Waals surface area (Å²) in [7, 11) is 1.91. The summed E-state index contributed by atoms with van der Waals surface area (Å²) >= 11 is 0. The Labute approximate surface area is 90.5 Å². The van der Waals surface area contributed by atoms with Crippen molar-refractivity contribution in [2.75, 3.05) is 23.7 Å². The van der Waals surface area contributed by atoms with E-state index in [-0.39, 0.29) is 12.4 Å². The lowest BCUT2D eigenvalue weighted by Gasteiger charge is -2.26. The van der Waals surface area contributed by atoms with Crippen LogP contribution in [0.5, 0.6) is 0 Å². The number of anilines is 2. The Balaban J connectivity index is 0.000000980. The quantitative estimate of drug-likeness (QED) is 0.773. The molecule has 0 aliphatic carbocycles. The van der Waals surface area contributed by atoms with E-state index in [0.717, 1.165) is 24.6 Å². The first-order valence-corrected chi connectivity index (χ1v) is 4.81. The second kappa shape index (κ2) is 4.55. The number of nitrogen functional groups attached to an aromatic ring is 1. The molecule has 2 N–H and O–H groups in total. The van der Waals surface area contributed by atoms with Gasteiger partial charge in [0.2, 0.25) is 0 Å². The Kier molecular flexibility index (Phi) is 3.63. The minimum absolute atomic E-state index is 0. The van der Waals surface area contributed by atoms with Gasteiger partial charge in [0.05, 0.1) is 5.69 Å². The van der Waals surface area contributed by atoms with E-state index in [2.05, 4.69) is 10.00 Å². The minimum atomic E-state index is 0. The maximum absolute atomic E-state index is 5.85. The van der Waals surface area contributed by atoms with Gasteiger partial charge in [-0.2, -0.15) is 5.10 Å². The molecule has 1 aliphatic heterocycles. The Morgan fingerprint density at radius 2 is 1.93 bits per heavy atom. The van der Waals surface area contributed by atoms with Gasteiger partial charge in [-0.15, -0.1) is 12.4 Å². The Bertz CT molecular complexity index is 291. The number of hydrogen-bond donors (Lipinski definition) is 1. The molecule has 2 heterocycles. The molecule has 14 heavy (non-hydrogen) atoms. The number of halogens is 1. The number of aromatic nitrogens is 2. The molecule has 5 heteroatoms. The molecule has 4 nitrogen and oxygen atoms in total. The van der Waals surface area contributed by atoms with Gasteiger partial charge in [0.1, 0.15) is 0 Å². The molecule has 0 amide bonds. The van der Waals surface area contributed by atoms with Crippen LogP contribution in [0.3, 0.4) is 0 Å². The lowest BCUT2D eigenvalue weighted by atomic mass is 10.1. The maximum atomic E-state index is 5.85. The smallest absolute Gasteiger partial charge is 0.173 e. The molecule has 0 unspecified atom stereocenters. The zero-order valence-electron chi connectivity index (χ0n) is 8.44. The van der Waals surface area contributed by atoms with Crippen LogP contribution >= 0.6 is 12.4 Å². The molecule has 0 radical (unpaired) electrons. The fourth-order valence-corrected chi connectivity index (χ4v) is 1.85. The van der Waals surface area contributed by atoms with Crippen LogP contribution in [-0.4, -0.2) is 22.9 Å². The Morgan fingerprint density at radius 3 is 2.43 bits per heavy atom. The molecule has 2 rings (SSSR count). The van der Waals surface area contributed by atoms with Gasteiger partial charge in [0.15, 0.2) is 5.82 Å². The van der Waals surface area contributed by atoms with Gasteiger partial charge in [-0.05, 0) is 19.3 Å². The number of piperidine rings is 1. The summed E-state index contributed by atoms with van der Waals surface area (Å²) in [6, 6.07) is 0. The van der Waals surface area contributed by atoms with Gasteiger partial charge in [0, 0.05) is 26.3 Å². The van der Waals surface area contributed by atoms with Crippen molar-refractivity contribution in [3.63, 3.8) is 0 Å². The highest BCUT2D eigenvalue weighted by Crippen LogP contribution is 2.23. The van der Waals surface area contributed by atoms with Crippen LogP contribution in [0.1, 0.15) is 19.3 Å².